The van der Waals surface area contributed by atoms with E-state index in [1.165, 1.54) is 12.1 Å². The minimum Gasteiger partial charge on any atom is -0.384 e. The molecule has 0 unspecified atom stereocenters. The minimum absolute atomic E-state index is 0.0558. The van der Waals surface area contributed by atoms with Crippen LogP contribution in [0.5, 0.6) is 0 Å². The van der Waals surface area contributed by atoms with E-state index in [1.807, 2.05) is 0 Å². The van der Waals surface area contributed by atoms with E-state index >= 15 is 0 Å². The van der Waals surface area contributed by atoms with E-state index in [-0.39, 0.29) is 16.8 Å². The summed E-state index contributed by atoms with van der Waals surface area (Å²) in [4.78, 5) is 0. The van der Waals surface area contributed by atoms with Crippen molar-refractivity contribution in [2.45, 2.75) is 26.0 Å². The van der Waals surface area contributed by atoms with Gasteiger partial charge in [-0.15, -0.1) is 0 Å². The lowest BCUT2D eigenvalue weighted by atomic mass is 10.2. The van der Waals surface area contributed by atoms with Crippen molar-refractivity contribution in [1.29, 1.82) is 0 Å². The number of rotatable bonds is 5. The molecule has 0 saturated heterocycles. The Hall–Kier alpha value is -1.10. The van der Waals surface area contributed by atoms with E-state index in [0.29, 0.717) is 12.2 Å². The molecule has 0 aliphatic heterocycles. The Morgan fingerprint density at radius 1 is 1.29 bits per heavy atom. The summed E-state index contributed by atoms with van der Waals surface area (Å²) in [6.45, 7) is 5.39. The van der Waals surface area contributed by atoms with Crippen LogP contribution in [0.3, 0.4) is 0 Å². The molecule has 17 heavy (non-hydrogen) atoms. The molecule has 0 spiro atoms. The highest BCUT2D eigenvalue weighted by atomic mass is 32.2. The monoisotopic (exact) mass is 259 g/mol. The fraction of sp³-hybridized carbons (Fsp3) is 0.500. The highest BCUT2D eigenvalue weighted by molar-refractivity contribution is 7.92. The van der Waals surface area contributed by atoms with Crippen LogP contribution in [0.15, 0.2) is 18.2 Å². The Balaban J connectivity index is 2.57. The summed E-state index contributed by atoms with van der Waals surface area (Å²) < 4.78 is 36.1. The molecule has 3 nitrogen and oxygen atoms in total. The zero-order valence-electron chi connectivity index (χ0n) is 10.3. The van der Waals surface area contributed by atoms with E-state index in [9.17, 15) is 12.8 Å². The SMILES string of the molecule is Cc1cc(F)cc(NCCS(=O)(=O)C(C)C)c1. The molecule has 0 bridgehead atoms. The predicted octanol–water partition coefficient (Wildman–Crippen LogP) is 2.37. The Kier molecular flexibility index (Phi) is 4.51. The van der Waals surface area contributed by atoms with Crippen molar-refractivity contribution in [3.05, 3.63) is 29.6 Å². The number of hydrogen-bond acceptors (Lipinski definition) is 3. The first-order valence-electron chi connectivity index (χ1n) is 5.54. The number of hydrogen-bond donors (Lipinski definition) is 1. The Bertz CT molecular complexity index is 463. The fourth-order valence-electron chi connectivity index (χ4n) is 1.41. The molecule has 0 saturated carbocycles. The summed E-state index contributed by atoms with van der Waals surface area (Å²) in [5.74, 6) is -0.264. The van der Waals surface area contributed by atoms with E-state index in [2.05, 4.69) is 5.32 Å². The molecule has 1 N–H and O–H groups in total. The topological polar surface area (TPSA) is 46.2 Å². The normalized spacial score (nSPS) is 11.8. The fourth-order valence-corrected chi connectivity index (χ4v) is 2.27. The molecule has 1 rings (SSSR count). The molecule has 0 fully saturated rings. The van der Waals surface area contributed by atoms with Gasteiger partial charge in [-0.3, -0.25) is 0 Å². The van der Waals surface area contributed by atoms with Gasteiger partial charge in [0.25, 0.3) is 0 Å². The number of sulfone groups is 1. The zero-order valence-corrected chi connectivity index (χ0v) is 11.1. The van der Waals surface area contributed by atoms with Gasteiger partial charge >= 0.3 is 0 Å². The molecule has 1 aromatic rings. The highest BCUT2D eigenvalue weighted by Gasteiger charge is 2.15. The van der Waals surface area contributed by atoms with Gasteiger partial charge < -0.3 is 5.32 Å². The molecular weight excluding hydrogens is 241 g/mol. The van der Waals surface area contributed by atoms with Crippen LogP contribution in [0, 0.1) is 12.7 Å². The summed E-state index contributed by atoms with van der Waals surface area (Å²) in [5.41, 5.74) is 1.42. The largest absolute Gasteiger partial charge is 0.384 e. The van der Waals surface area contributed by atoms with Gasteiger partial charge in [0, 0.05) is 12.2 Å². The van der Waals surface area contributed by atoms with Crippen LogP contribution in [-0.4, -0.2) is 26.0 Å². The summed E-state index contributed by atoms with van der Waals surface area (Å²) in [6, 6.07) is 4.57. The molecule has 0 heterocycles. The van der Waals surface area contributed by atoms with Crippen molar-refractivity contribution in [3.8, 4) is 0 Å². The minimum atomic E-state index is -3.04. The number of halogens is 1. The first-order chi connectivity index (χ1) is 7.81. The third-order valence-corrected chi connectivity index (χ3v) is 4.69. The van der Waals surface area contributed by atoms with Gasteiger partial charge in [-0.05, 0) is 44.5 Å². The van der Waals surface area contributed by atoms with Crippen molar-refractivity contribution < 1.29 is 12.8 Å². The lowest BCUT2D eigenvalue weighted by Crippen LogP contribution is -2.22. The summed E-state index contributed by atoms with van der Waals surface area (Å²) >= 11 is 0. The molecule has 0 atom stereocenters. The lowest BCUT2D eigenvalue weighted by Gasteiger charge is -2.10. The number of anilines is 1. The maximum Gasteiger partial charge on any atom is 0.154 e. The Morgan fingerprint density at radius 2 is 1.94 bits per heavy atom. The van der Waals surface area contributed by atoms with Crippen LogP contribution in [0.2, 0.25) is 0 Å². The molecule has 0 radical (unpaired) electrons. The van der Waals surface area contributed by atoms with Gasteiger partial charge in [-0.25, -0.2) is 12.8 Å². The van der Waals surface area contributed by atoms with E-state index in [0.717, 1.165) is 5.56 Å². The lowest BCUT2D eigenvalue weighted by molar-refractivity contribution is 0.588. The maximum absolute atomic E-state index is 13.1. The van der Waals surface area contributed by atoms with Crippen molar-refractivity contribution in [2.24, 2.45) is 0 Å². The summed E-state index contributed by atoms with van der Waals surface area (Å²) in [7, 11) is -3.04. The molecule has 0 aliphatic carbocycles. The van der Waals surface area contributed by atoms with Crippen LogP contribution in [0.4, 0.5) is 10.1 Å². The first kappa shape index (κ1) is 14.0. The van der Waals surface area contributed by atoms with Crippen LogP contribution >= 0.6 is 0 Å². The van der Waals surface area contributed by atoms with E-state index < -0.39 is 9.84 Å². The molecule has 96 valence electrons. The average Bonchev–Trinajstić information content (AvgIpc) is 2.15. The van der Waals surface area contributed by atoms with Gasteiger partial charge in [0.2, 0.25) is 0 Å². The Labute approximate surface area is 102 Å². The van der Waals surface area contributed by atoms with Gasteiger partial charge in [0.1, 0.15) is 5.82 Å². The van der Waals surface area contributed by atoms with E-state index in [4.69, 9.17) is 0 Å². The third-order valence-electron chi connectivity index (χ3n) is 2.48. The van der Waals surface area contributed by atoms with Gasteiger partial charge in [0.15, 0.2) is 9.84 Å². The molecule has 0 amide bonds. The van der Waals surface area contributed by atoms with Gasteiger partial charge in [-0.1, -0.05) is 0 Å². The maximum atomic E-state index is 13.1. The van der Waals surface area contributed by atoms with Gasteiger partial charge in [0.05, 0.1) is 11.0 Å². The highest BCUT2D eigenvalue weighted by Crippen LogP contribution is 2.13. The van der Waals surface area contributed by atoms with Crippen molar-refractivity contribution in [1.82, 2.24) is 0 Å². The van der Waals surface area contributed by atoms with Gasteiger partial charge in [-0.2, -0.15) is 0 Å². The number of aryl methyl sites for hydroxylation is 1. The zero-order chi connectivity index (χ0) is 13.1. The molecule has 1 aromatic carbocycles. The number of nitrogens with one attached hydrogen (secondary N) is 1. The quantitative estimate of drug-likeness (QED) is 0.883. The van der Waals surface area contributed by atoms with Crippen LogP contribution < -0.4 is 5.32 Å². The second kappa shape index (κ2) is 5.49. The molecule has 0 aliphatic rings. The second-order valence-corrected chi connectivity index (χ2v) is 7.04. The van der Waals surface area contributed by atoms with Crippen LogP contribution in [0.25, 0.3) is 0 Å². The Morgan fingerprint density at radius 3 is 2.47 bits per heavy atom. The molecule has 5 heteroatoms. The second-order valence-electron chi connectivity index (χ2n) is 4.36. The van der Waals surface area contributed by atoms with Crippen molar-refractivity contribution >= 4 is 15.5 Å². The predicted molar refractivity (Wildman–Crippen MR) is 68.5 cm³/mol. The van der Waals surface area contributed by atoms with E-state index in [1.54, 1.807) is 26.8 Å². The van der Waals surface area contributed by atoms with Crippen molar-refractivity contribution in [2.75, 3.05) is 17.6 Å². The standard InChI is InChI=1S/C12H18FNO2S/c1-9(2)17(15,16)5-4-14-12-7-10(3)6-11(13)8-12/h6-9,14H,4-5H2,1-3H3. The third kappa shape index (κ3) is 4.34. The first-order valence-corrected chi connectivity index (χ1v) is 7.25. The summed E-state index contributed by atoms with van der Waals surface area (Å²) in [6.07, 6.45) is 0. The van der Waals surface area contributed by atoms with Crippen LogP contribution in [-0.2, 0) is 9.84 Å². The van der Waals surface area contributed by atoms with Crippen LogP contribution in [0.1, 0.15) is 19.4 Å². The smallest absolute Gasteiger partial charge is 0.154 e. The molecule has 0 aromatic heterocycles. The number of benzene rings is 1. The molecular formula is C12H18FNO2S. The van der Waals surface area contributed by atoms with Crippen molar-refractivity contribution in [3.63, 3.8) is 0 Å². The average molecular weight is 259 g/mol. The summed E-state index contributed by atoms with van der Waals surface area (Å²) in [5, 5.41) is 2.54.